The molecule has 1 aliphatic carbocycles. The molecular formula is C20H26N8O5. The number of aromatic nitrogens is 6. The standard InChI is InChI=1S/C20H26N8O5/c21-16(32)10-6-23-28(7-10)20-25-17(24-11-4-2-1-3-5-11)13-18(26-20)27(9-22-13)19-15(31)14(30)12(8-29)33-19/h6-7,9,11-12,14-15,19,29-31H,1-5,8H2,(H2,21,32)(H,24,25,26)/t12-,14-,15+,19?/m1/s1. The molecule has 1 aliphatic heterocycles. The summed E-state index contributed by atoms with van der Waals surface area (Å²) in [4.78, 5) is 25.1. The number of ether oxygens (including phenoxy) is 1. The molecule has 3 aromatic heterocycles. The van der Waals surface area contributed by atoms with Gasteiger partial charge in [-0.25, -0.2) is 9.67 Å². The number of nitrogens with one attached hydrogen (secondary N) is 1. The molecule has 1 saturated heterocycles. The lowest BCUT2D eigenvalue weighted by molar-refractivity contribution is -0.0511. The second-order valence-corrected chi connectivity index (χ2v) is 8.44. The van der Waals surface area contributed by atoms with Gasteiger partial charge in [-0.05, 0) is 12.8 Å². The minimum absolute atomic E-state index is 0.168. The van der Waals surface area contributed by atoms with Gasteiger partial charge >= 0.3 is 0 Å². The summed E-state index contributed by atoms with van der Waals surface area (Å²) in [5.41, 5.74) is 6.35. The second-order valence-electron chi connectivity index (χ2n) is 8.44. The smallest absolute Gasteiger partial charge is 0.254 e. The van der Waals surface area contributed by atoms with Crippen LogP contribution in [0.1, 0.15) is 48.7 Å². The van der Waals surface area contributed by atoms with Crippen LogP contribution in [0.5, 0.6) is 0 Å². The minimum atomic E-state index is -1.29. The van der Waals surface area contributed by atoms with E-state index in [1.54, 1.807) is 0 Å². The molecule has 2 aliphatic rings. The van der Waals surface area contributed by atoms with Gasteiger partial charge in [0.05, 0.1) is 24.7 Å². The fraction of sp³-hybridized carbons (Fsp3) is 0.550. The monoisotopic (exact) mass is 458 g/mol. The first-order valence-electron chi connectivity index (χ1n) is 10.9. The zero-order valence-corrected chi connectivity index (χ0v) is 17.8. The number of primary amides is 1. The largest absolute Gasteiger partial charge is 0.394 e. The first-order chi connectivity index (χ1) is 16.0. The lowest BCUT2D eigenvalue weighted by atomic mass is 9.95. The third kappa shape index (κ3) is 3.93. The quantitative estimate of drug-likeness (QED) is 0.321. The van der Waals surface area contributed by atoms with Gasteiger partial charge in [0.25, 0.3) is 11.9 Å². The Morgan fingerprint density at radius 1 is 1.21 bits per heavy atom. The van der Waals surface area contributed by atoms with Gasteiger partial charge in [-0.2, -0.15) is 15.1 Å². The van der Waals surface area contributed by atoms with E-state index in [0.717, 1.165) is 25.7 Å². The SMILES string of the molecule is NC(=O)c1cnn(-c2nc(NC3CCCCC3)c3ncn(C4O[C@H](CO)[C@@H](O)[C@@H]4O)c3n2)c1. The van der Waals surface area contributed by atoms with Crippen molar-refractivity contribution in [1.29, 1.82) is 0 Å². The van der Waals surface area contributed by atoms with E-state index in [4.69, 9.17) is 10.5 Å². The topological polar surface area (TPSA) is 186 Å². The number of carbonyl (C=O) groups excluding carboxylic acids is 1. The highest BCUT2D eigenvalue weighted by Crippen LogP contribution is 2.33. The van der Waals surface area contributed by atoms with Crippen molar-refractivity contribution >= 4 is 22.9 Å². The van der Waals surface area contributed by atoms with E-state index in [0.29, 0.717) is 17.0 Å². The number of hydrogen-bond donors (Lipinski definition) is 5. The average molecular weight is 458 g/mol. The van der Waals surface area contributed by atoms with Crippen LogP contribution in [-0.4, -0.2) is 81.5 Å². The zero-order valence-electron chi connectivity index (χ0n) is 17.8. The van der Waals surface area contributed by atoms with Gasteiger partial charge in [0.15, 0.2) is 23.2 Å². The van der Waals surface area contributed by atoms with Gasteiger partial charge in [-0.1, -0.05) is 19.3 Å². The van der Waals surface area contributed by atoms with Crippen LogP contribution in [0, 0.1) is 0 Å². The van der Waals surface area contributed by atoms with Gasteiger partial charge in [-0.15, -0.1) is 0 Å². The Morgan fingerprint density at radius 3 is 2.67 bits per heavy atom. The molecule has 0 aromatic carbocycles. The molecule has 5 rings (SSSR count). The number of fused-ring (bicyclic) bond motifs is 1. The van der Waals surface area contributed by atoms with E-state index >= 15 is 0 Å². The Balaban J connectivity index is 1.59. The summed E-state index contributed by atoms with van der Waals surface area (Å²) in [5, 5.41) is 37.7. The average Bonchev–Trinajstić information content (AvgIpc) is 3.53. The lowest BCUT2D eigenvalue weighted by Crippen LogP contribution is -2.33. The number of carbonyl (C=O) groups is 1. The van der Waals surface area contributed by atoms with E-state index < -0.39 is 37.1 Å². The predicted octanol–water partition coefficient (Wildman–Crippen LogP) is -0.533. The summed E-state index contributed by atoms with van der Waals surface area (Å²) in [7, 11) is 0. The van der Waals surface area contributed by atoms with Gasteiger partial charge in [0.1, 0.15) is 18.3 Å². The molecule has 2 fully saturated rings. The van der Waals surface area contributed by atoms with Crippen LogP contribution >= 0.6 is 0 Å². The van der Waals surface area contributed by atoms with E-state index in [2.05, 4.69) is 25.4 Å². The van der Waals surface area contributed by atoms with Crippen molar-refractivity contribution in [2.45, 2.75) is 62.7 Å². The Hall–Kier alpha value is -3.13. The Labute approximate surface area is 188 Å². The third-order valence-corrected chi connectivity index (χ3v) is 6.22. The molecule has 176 valence electrons. The van der Waals surface area contributed by atoms with Crippen LogP contribution in [0.25, 0.3) is 17.1 Å². The Morgan fingerprint density at radius 2 is 2.00 bits per heavy atom. The molecule has 13 heteroatoms. The molecule has 1 amide bonds. The first kappa shape index (κ1) is 21.7. The third-order valence-electron chi connectivity index (χ3n) is 6.22. The van der Waals surface area contributed by atoms with Crippen molar-refractivity contribution < 1.29 is 24.9 Å². The van der Waals surface area contributed by atoms with Crippen LogP contribution in [0.2, 0.25) is 0 Å². The Bertz CT molecular complexity index is 1160. The Kier molecular flexibility index (Phi) is 5.70. The maximum absolute atomic E-state index is 11.5. The summed E-state index contributed by atoms with van der Waals surface area (Å²) < 4.78 is 8.50. The number of amides is 1. The molecule has 13 nitrogen and oxygen atoms in total. The number of rotatable bonds is 6. The molecule has 0 radical (unpaired) electrons. The number of hydrogen-bond acceptors (Lipinski definition) is 10. The molecule has 1 unspecified atom stereocenters. The molecule has 1 saturated carbocycles. The van der Waals surface area contributed by atoms with E-state index in [9.17, 15) is 20.1 Å². The fourth-order valence-corrected chi connectivity index (χ4v) is 4.40. The zero-order chi connectivity index (χ0) is 23.1. The molecule has 6 N–H and O–H groups in total. The van der Waals surface area contributed by atoms with E-state index in [1.807, 2.05) is 0 Å². The summed E-state index contributed by atoms with van der Waals surface area (Å²) >= 11 is 0. The maximum Gasteiger partial charge on any atom is 0.254 e. The summed E-state index contributed by atoms with van der Waals surface area (Å²) in [6.07, 6.45) is 5.16. The van der Waals surface area contributed by atoms with Crippen LogP contribution in [-0.2, 0) is 4.74 Å². The van der Waals surface area contributed by atoms with Crippen molar-refractivity contribution in [2.24, 2.45) is 5.73 Å². The number of nitrogens with zero attached hydrogens (tertiary/aromatic N) is 6. The summed E-state index contributed by atoms with van der Waals surface area (Å²) in [6.45, 7) is -0.445. The van der Waals surface area contributed by atoms with Crippen molar-refractivity contribution in [3.63, 3.8) is 0 Å². The highest BCUT2D eigenvalue weighted by molar-refractivity contribution is 5.92. The van der Waals surface area contributed by atoms with Crippen molar-refractivity contribution in [1.82, 2.24) is 29.3 Å². The number of imidazole rings is 1. The highest BCUT2D eigenvalue weighted by atomic mass is 16.6. The first-order valence-corrected chi connectivity index (χ1v) is 10.9. The summed E-state index contributed by atoms with van der Waals surface area (Å²) in [5.74, 6) is 0.0322. The van der Waals surface area contributed by atoms with Gasteiger partial charge in [0.2, 0.25) is 0 Å². The molecule has 4 heterocycles. The number of aliphatic hydroxyl groups is 3. The van der Waals surface area contributed by atoms with Crippen LogP contribution in [0.4, 0.5) is 5.82 Å². The van der Waals surface area contributed by atoms with E-state index in [1.165, 1.54) is 34.4 Å². The normalized spacial score (nSPS) is 26.2. The fourth-order valence-electron chi connectivity index (χ4n) is 4.40. The van der Waals surface area contributed by atoms with Gasteiger partial charge < -0.3 is 31.1 Å². The molecule has 0 bridgehead atoms. The lowest BCUT2D eigenvalue weighted by Gasteiger charge is -2.23. The molecule has 4 atom stereocenters. The van der Waals surface area contributed by atoms with Crippen LogP contribution < -0.4 is 11.1 Å². The molecule has 33 heavy (non-hydrogen) atoms. The molecule has 3 aromatic rings. The van der Waals surface area contributed by atoms with Gasteiger partial charge in [-0.3, -0.25) is 9.36 Å². The number of anilines is 1. The van der Waals surface area contributed by atoms with Gasteiger partial charge in [0, 0.05) is 12.2 Å². The minimum Gasteiger partial charge on any atom is -0.394 e. The highest BCUT2D eigenvalue weighted by Gasteiger charge is 2.44. The second kappa shape index (κ2) is 8.67. The number of aliphatic hydroxyl groups excluding tert-OH is 3. The van der Waals surface area contributed by atoms with Crippen LogP contribution in [0.15, 0.2) is 18.7 Å². The van der Waals surface area contributed by atoms with Crippen molar-refractivity contribution in [3.05, 3.63) is 24.3 Å². The molecular weight excluding hydrogens is 432 g/mol. The summed E-state index contributed by atoms with van der Waals surface area (Å²) in [6, 6.07) is 0.225. The van der Waals surface area contributed by atoms with Crippen LogP contribution in [0.3, 0.4) is 0 Å². The van der Waals surface area contributed by atoms with Crippen molar-refractivity contribution in [2.75, 3.05) is 11.9 Å². The van der Waals surface area contributed by atoms with E-state index in [-0.39, 0.29) is 17.6 Å². The maximum atomic E-state index is 11.5. The van der Waals surface area contributed by atoms with Crippen molar-refractivity contribution in [3.8, 4) is 5.95 Å². The number of nitrogens with two attached hydrogens (primary N) is 1. The predicted molar refractivity (Wildman–Crippen MR) is 114 cm³/mol. The molecule has 0 spiro atoms.